The quantitative estimate of drug-likeness (QED) is 0.511. The second-order valence-electron chi connectivity index (χ2n) is 6.44. The maximum Gasteiger partial charge on any atom is 0.258 e. The fourth-order valence-corrected chi connectivity index (χ4v) is 3.53. The number of benzene rings is 3. The van der Waals surface area contributed by atoms with Gasteiger partial charge in [-0.25, -0.2) is 4.39 Å². The van der Waals surface area contributed by atoms with E-state index in [0.29, 0.717) is 17.1 Å². The number of halogens is 1. The second kappa shape index (κ2) is 9.93. The molecule has 0 bridgehead atoms. The zero-order chi connectivity index (χ0) is 21.5. The van der Waals surface area contributed by atoms with Crippen molar-refractivity contribution in [1.29, 1.82) is 0 Å². The van der Waals surface area contributed by atoms with E-state index >= 15 is 0 Å². The first-order valence-corrected chi connectivity index (χ1v) is 10.1. The predicted octanol–water partition coefficient (Wildman–Crippen LogP) is 5.21. The van der Waals surface area contributed by atoms with E-state index < -0.39 is 11.7 Å². The number of carbonyl (C=O) groups is 2. The highest BCUT2D eigenvalue weighted by Gasteiger charge is 2.15. The van der Waals surface area contributed by atoms with Gasteiger partial charge in [0.1, 0.15) is 11.6 Å². The Bertz CT molecular complexity index is 1040. The van der Waals surface area contributed by atoms with Crippen molar-refractivity contribution in [1.82, 2.24) is 0 Å². The van der Waals surface area contributed by atoms with Gasteiger partial charge in [-0.1, -0.05) is 18.2 Å². The lowest BCUT2D eigenvalue weighted by atomic mass is 10.2. The summed E-state index contributed by atoms with van der Waals surface area (Å²) in [6.07, 6.45) is 0. The van der Waals surface area contributed by atoms with Crippen molar-refractivity contribution in [2.24, 2.45) is 0 Å². The van der Waals surface area contributed by atoms with E-state index in [2.05, 4.69) is 10.6 Å². The molecular weight excluding hydrogens is 403 g/mol. The number of methoxy groups -OCH3 is 1. The average Bonchev–Trinajstić information content (AvgIpc) is 2.75. The molecule has 0 aliphatic heterocycles. The normalized spacial score (nSPS) is 11.4. The molecule has 154 valence electrons. The van der Waals surface area contributed by atoms with E-state index in [-0.39, 0.29) is 16.7 Å². The van der Waals surface area contributed by atoms with Crippen LogP contribution in [-0.4, -0.2) is 24.2 Å². The van der Waals surface area contributed by atoms with Crippen LogP contribution in [0.25, 0.3) is 0 Å². The van der Waals surface area contributed by atoms with E-state index in [9.17, 15) is 14.0 Å². The Hall–Kier alpha value is -3.32. The number of carbonyl (C=O) groups excluding carboxylic acids is 2. The molecule has 0 aliphatic rings. The van der Waals surface area contributed by atoms with Gasteiger partial charge in [0.2, 0.25) is 5.91 Å². The van der Waals surface area contributed by atoms with Crippen LogP contribution in [0.5, 0.6) is 5.75 Å². The molecule has 3 rings (SSSR count). The summed E-state index contributed by atoms with van der Waals surface area (Å²) in [5.74, 6) is -0.552. The molecule has 3 aromatic rings. The van der Waals surface area contributed by atoms with Gasteiger partial charge in [-0.2, -0.15) is 0 Å². The highest BCUT2D eigenvalue weighted by molar-refractivity contribution is 8.00. The molecule has 1 unspecified atom stereocenters. The highest BCUT2D eigenvalue weighted by Crippen LogP contribution is 2.26. The van der Waals surface area contributed by atoms with Crippen molar-refractivity contribution in [3.05, 3.63) is 84.2 Å². The van der Waals surface area contributed by atoms with Crippen LogP contribution in [-0.2, 0) is 4.79 Å². The summed E-state index contributed by atoms with van der Waals surface area (Å²) in [4.78, 5) is 25.5. The molecule has 1 atom stereocenters. The fraction of sp³-hybridized carbons (Fsp3) is 0.130. The van der Waals surface area contributed by atoms with Crippen molar-refractivity contribution in [3.63, 3.8) is 0 Å². The summed E-state index contributed by atoms with van der Waals surface area (Å²) < 4.78 is 18.9. The minimum atomic E-state index is -0.571. The maximum absolute atomic E-state index is 13.7. The minimum absolute atomic E-state index is 0.0150. The molecule has 0 aromatic heterocycles. The van der Waals surface area contributed by atoms with Crippen LogP contribution in [0.1, 0.15) is 17.3 Å². The number of anilines is 2. The Morgan fingerprint density at radius 1 is 0.933 bits per heavy atom. The zero-order valence-electron chi connectivity index (χ0n) is 16.5. The largest absolute Gasteiger partial charge is 0.497 e. The van der Waals surface area contributed by atoms with Crippen molar-refractivity contribution in [2.75, 3.05) is 17.7 Å². The molecular formula is C23H21FN2O3S. The third-order valence-electron chi connectivity index (χ3n) is 4.25. The molecule has 0 saturated carbocycles. The summed E-state index contributed by atoms with van der Waals surface area (Å²) in [5, 5.41) is 5.19. The number of thioether (sulfide) groups is 1. The van der Waals surface area contributed by atoms with Gasteiger partial charge in [0.05, 0.1) is 17.9 Å². The molecule has 2 N–H and O–H groups in total. The van der Waals surface area contributed by atoms with Crippen molar-refractivity contribution >= 4 is 35.0 Å². The Kier molecular flexibility index (Phi) is 7.08. The van der Waals surface area contributed by atoms with Crippen molar-refractivity contribution in [3.8, 4) is 5.75 Å². The monoisotopic (exact) mass is 424 g/mol. The van der Waals surface area contributed by atoms with Crippen LogP contribution in [0, 0.1) is 5.82 Å². The summed E-state index contributed by atoms with van der Waals surface area (Å²) in [5.41, 5.74) is 1.19. The molecule has 0 fully saturated rings. The predicted molar refractivity (Wildman–Crippen MR) is 118 cm³/mol. The Morgan fingerprint density at radius 2 is 1.67 bits per heavy atom. The Labute approximate surface area is 178 Å². The van der Waals surface area contributed by atoms with Crippen LogP contribution in [0.2, 0.25) is 0 Å². The van der Waals surface area contributed by atoms with Gasteiger partial charge in [0.15, 0.2) is 0 Å². The van der Waals surface area contributed by atoms with E-state index in [1.165, 1.54) is 30.0 Å². The van der Waals surface area contributed by atoms with Crippen LogP contribution in [0.15, 0.2) is 77.7 Å². The van der Waals surface area contributed by atoms with Crippen LogP contribution >= 0.6 is 11.8 Å². The fourth-order valence-electron chi connectivity index (χ4n) is 2.66. The first-order chi connectivity index (χ1) is 14.5. The molecule has 2 amide bonds. The van der Waals surface area contributed by atoms with Gasteiger partial charge < -0.3 is 15.4 Å². The molecule has 3 aromatic carbocycles. The zero-order valence-corrected chi connectivity index (χ0v) is 17.3. The number of nitrogens with one attached hydrogen (secondary N) is 2. The van der Waals surface area contributed by atoms with Crippen LogP contribution < -0.4 is 15.4 Å². The SMILES string of the molecule is COc1cccc(NC(=O)C(C)Sc2ccc(NC(=O)c3ccccc3F)cc2)c1. The van der Waals surface area contributed by atoms with E-state index in [1.54, 1.807) is 61.7 Å². The van der Waals surface area contributed by atoms with Gasteiger partial charge in [-0.15, -0.1) is 11.8 Å². The summed E-state index contributed by atoms with van der Waals surface area (Å²) >= 11 is 1.39. The lowest BCUT2D eigenvalue weighted by Gasteiger charge is -2.13. The number of hydrogen-bond donors (Lipinski definition) is 2. The molecule has 0 radical (unpaired) electrons. The van der Waals surface area contributed by atoms with Crippen molar-refractivity contribution < 1.29 is 18.7 Å². The summed E-state index contributed by atoms with van der Waals surface area (Å²) in [7, 11) is 1.57. The van der Waals surface area contributed by atoms with E-state index in [0.717, 1.165) is 4.90 Å². The third-order valence-corrected chi connectivity index (χ3v) is 5.36. The molecule has 0 saturated heterocycles. The van der Waals surface area contributed by atoms with Gasteiger partial charge in [0, 0.05) is 22.3 Å². The number of amides is 2. The molecule has 0 heterocycles. The van der Waals surface area contributed by atoms with Crippen LogP contribution in [0.3, 0.4) is 0 Å². The first-order valence-electron chi connectivity index (χ1n) is 9.24. The van der Waals surface area contributed by atoms with E-state index in [1.807, 2.05) is 6.92 Å². The highest BCUT2D eigenvalue weighted by atomic mass is 32.2. The number of hydrogen-bond acceptors (Lipinski definition) is 4. The minimum Gasteiger partial charge on any atom is -0.497 e. The Balaban J connectivity index is 1.57. The third kappa shape index (κ3) is 5.61. The van der Waals surface area contributed by atoms with Gasteiger partial charge in [0.25, 0.3) is 5.91 Å². The topological polar surface area (TPSA) is 67.4 Å². The van der Waals surface area contributed by atoms with Gasteiger partial charge >= 0.3 is 0 Å². The number of rotatable bonds is 7. The van der Waals surface area contributed by atoms with Gasteiger partial charge in [-0.05, 0) is 55.5 Å². The van der Waals surface area contributed by atoms with Crippen molar-refractivity contribution in [2.45, 2.75) is 17.1 Å². The molecule has 7 heteroatoms. The smallest absolute Gasteiger partial charge is 0.258 e. The summed E-state index contributed by atoms with van der Waals surface area (Å²) in [6, 6.07) is 20.0. The molecule has 30 heavy (non-hydrogen) atoms. The van der Waals surface area contributed by atoms with Crippen LogP contribution in [0.4, 0.5) is 15.8 Å². The molecule has 0 spiro atoms. The van der Waals surface area contributed by atoms with E-state index in [4.69, 9.17) is 4.74 Å². The lowest BCUT2D eigenvalue weighted by Crippen LogP contribution is -2.22. The lowest BCUT2D eigenvalue weighted by molar-refractivity contribution is -0.115. The van der Waals surface area contributed by atoms with Gasteiger partial charge in [-0.3, -0.25) is 9.59 Å². The molecule has 5 nitrogen and oxygen atoms in total. The Morgan fingerprint density at radius 3 is 2.37 bits per heavy atom. The number of ether oxygens (including phenoxy) is 1. The average molecular weight is 424 g/mol. The molecule has 0 aliphatic carbocycles. The first kappa shape index (κ1) is 21.4. The second-order valence-corrected chi connectivity index (χ2v) is 7.85. The summed E-state index contributed by atoms with van der Waals surface area (Å²) in [6.45, 7) is 1.81. The maximum atomic E-state index is 13.7. The standard InChI is InChI=1S/C23H21FN2O3S/c1-15(22(27)26-17-6-5-7-18(14-17)29-2)30-19-12-10-16(11-13-19)25-23(28)20-8-3-4-9-21(20)24/h3-15H,1-2H3,(H,25,28)(H,26,27).